The number of carbonyl (C=O) groups is 2. The molecule has 0 aliphatic carbocycles. The molecule has 6 N–H and O–H groups in total. The summed E-state index contributed by atoms with van der Waals surface area (Å²) in [7, 11) is 0. The van der Waals surface area contributed by atoms with E-state index in [0.717, 1.165) is 24.3 Å². The normalized spacial score (nSPS) is 20.1. The summed E-state index contributed by atoms with van der Waals surface area (Å²) < 4.78 is 29.0. The smallest absolute Gasteiger partial charge is 0.331 e. The summed E-state index contributed by atoms with van der Waals surface area (Å²) in [6, 6.07) is 19.3. The van der Waals surface area contributed by atoms with Crippen LogP contribution >= 0.6 is 0 Å². The molecule has 1 fully saturated rings. The van der Waals surface area contributed by atoms with E-state index in [4.69, 9.17) is 23.4 Å². The zero-order valence-corrected chi connectivity index (χ0v) is 27.7. The summed E-state index contributed by atoms with van der Waals surface area (Å²) in [5.74, 6) is -3.72. The van der Waals surface area contributed by atoms with Crippen LogP contribution in [0, 0.1) is 0 Å². The largest absolute Gasteiger partial charge is 0.508 e. The summed E-state index contributed by atoms with van der Waals surface area (Å²) in [6.07, 6.45) is -2.91. The molecule has 0 amide bonds. The lowest BCUT2D eigenvalue weighted by molar-refractivity contribution is -0.275. The van der Waals surface area contributed by atoms with Crippen LogP contribution in [0.3, 0.4) is 0 Å². The van der Waals surface area contributed by atoms with Gasteiger partial charge in [-0.05, 0) is 78.7 Å². The van der Waals surface area contributed by atoms with Crippen molar-refractivity contribution in [2.24, 2.45) is 0 Å². The molecule has 272 valence electrons. The second-order valence-corrected chi connectivity index (χ2v) is 11.9. The molecule has 6 rings (SSSR count). The quantitative estimate of drug-likeness (QED) is 0.0894. The highest BCUT2D eigenvalue weighted by atomic mass is 16.7. The summed E-state index contributed by atoms with van der Waals surface area (Å²) in [5, 5.41) is 60.8. The van der Waals surface area contributed by atoms with Crippen LogP contribution in [0.1, 0.15) is 18.1 Å². The van der Waals surface area contributed by atoms with Crippen LogP contribution < -0.4 is 10.2 Å². The van der Waals surface area contributed by atoms with Crippen LogP contribution in [0.15, 0.2) is 106 Å². The first kappa shape index (κ1) is 36.0. The Balaban J connectivity index is 1.34. The number of hydrogen-bond donors (Lipinski definition) is 6. The minimum absolute atomic E-state index is 0.0154. The van der Waals surface area contributed by atoms with Crippen molar-refractivity contribution in [2.45, 2.75) is 37.6 Å². The van der Waals surface area contributed by atoms with Gasteiger partial charge in [-0.2, -0.15) is 0 Å². The lowest BCUT2D eigenvalue weighted by atomic mass is 9.99. The van der Waals surface area contributed by atoms with E-state index in [1.807, 2.05) is 0 Å². The zero-order chi connectivity index (χ0) is 37.8. The number of aliphatic hydroxyl groups excluding tert-OH is 1. The first-order chi connectivity index (χ1) is 25.4. The van der Waals surface area contributed by atoms with Crippen LogP contribution in [-0.2, 0) is 23.8 Å². The fourth-order valence-electron chi connectivity index (χ4n) is 5.52. The highest BCUT2D eigenvalue weighted by Crippen LogP contribution is 2.38. The number of carbonyl (C=O) groups excluding carboxylic acids is 2. The van der Waals surface area contributed by atoms with E-state index in [1.165, 1.54) is 67.6 Å². The van der Waals surface area contributed by atoms with Gasteiger partial charge in [0.2, 0.25) is 17.5 Å². The summed E-state index contributed by atoms with van der Waals surface area (Å²) in [6.45, 7) is 1.45. The molecule has 1 aliphatic rings. The molecule has 4 aromatic carbocycles. The fourth-order valence-corrected chi connectivity index (χ4v) is 5.52. The first-order valence-electron chi connectivity index (χ1n) is 16.0. The van der Waals surface area contributed by atoms with Crippen molar-refractivity contribution >= 4 is 35.1 Å². The molecule has 5 atom stereocenters. The Kier molecular flexibility index (Phi) is 10.4. The predicted octanol–water partition coefficient (Wildman–Crippen LogP) is 4.72. The maximum Gasteiger partial charge on any atom is 0.331 e. The zero-order valence-electron chi connectivity index (χ0n) is 27.7. The molecule has 0 bridgehead atoms. The van der Waals surface area contributed by atoms with E-state index < -0.39 is 65.3 Å². The highest BCUT2D eigenvalue weighted by Gasteiger charge is 2.49. The van der Waals surface area contributed by atoms with Gasteiger partial charge in [-0.15, -0.1) is 0 Å². The van der Waals surface area contributed by atoms with E-state index in [1.54, 1.807) is 24.3 Å². The molecule has 0 radical (unpaired) electrons. The lowest BCUT2D eigenvalue weighted by Gasteiger charge is -2.41. The summed E-state index contributed by atoms with van der Waals surface area (Å²) in [5.41, 5.74) is 0.177. The van der Waals surface area contributed by atoms with E-state index in [2.05, 4.69) is 0 Å². The minimum Gasteiger partial charge on any atom is -0.508 e. The Bertz CT molecular complexity index is 2240. The molecule has 2 heterocycles. The number of esters is 2. The van der Waals surface area contributed by atoms with Gasteiger partial charge in [0.15, 0.2) is 24.1 Å². The highest BCUT2D eigenvalue weighted by molar-refractivity contribution is 5.89. The van der Waals surface area contributed by atoms with E-state index in [-0.39, 0.29) is 39.5 Å². The molecule has 0 unspecified atom stereocenters. The number of phenols is 5. The number of ether oxygens (including phenoxy) is 4. The molecule has 0 spiro atoms. The number of phenolic OH excluding ortho intramolecular Hbond substituents is 5. The predicted molar refractivity (Wildman–Crippen MR) is 188 cm³/mol. The number of hydrogen-bond acceptors (Lipinski definition) is 14. The van der Waals surface area contributed by atoms with Crippen molar-refractivity contribution in [1.82, 2.24) is 0 Å². The summed E-state index contributed by atoms with van der Waals surface area (Å²) >= 11 is 0. The number of rotatable bonds is 9. The van der Waals surface area contributed by atoms with Crippen LogP contribution in [0.4, 0.5) is 0 Å². The van der Waals surface area contributed by atoms with Gasteiger partial charge in [0, 0.05) is 29.8 Å². The Morgan fingerprint density at radius 1 is 0.698 bits per heavy atom. The van der Waals surface area contributed by atoms with Crippen molar-refractivity contribution in [2.75, 3.05) is 0 Å². The van der Waals surface area contributed by atoms with Gasteiger partial charge in [-0.1, -0.05) is 24.3 Å². The third-order valence-electron chi connectivity index (χ3n) is 8.15. The monoisotopic (exact) mass is 724 g/mol. The van der Waals surface area contributed by atoms with Crippen molar-refractivity contribution in [3.05, 3.63) is 118 Å². The van der Waals surface area contributed by atoms with Crippen LogP contribution in [0.25, 0.3) is 34.4 Å². The Labute approximate surface area is 300 Å². The number of fused-ring (bicyclic) bond motifs is 1. The molecule has 1 saturated heterocycles. The molecule has 14 heteroatoms. The molecular weight excluding hydrogens is 692 g/mol. The van der Waals surface area contributed by atoms with Gasteiger partial charge in [0.05, 0.1) is 6.10 Å². The topological polar surface area (TPSA) is 223 Å². The maximum absolute atomic E-state index is 13.9. The van der Waals surface area contributed by atoms with Crippen molar-refractivity contribution < 1.29 is 63.6 Å². The third-order valence-corrected chi connectivity index (χ3v) is 8.15. The molecule has 1 aliphatic heterocycles. The van der Waals surface area contributed by atoms with E-state index in [9.17, 15) is 45.0 Å². The second kappa shape index (κ2) is 15.2. The van der Waals surface area contributed by atoms with Gasteiger partial charge in [0.1, 0.15) is 39.7 Å². The fraction of sp³-hybridized carbons (Fsp3) is 0.154. The van der Waals surface area contributed by atoms with Gasteiger partial charge >= 0.3 is 11.9 Å². The average Bonchev–Trinajstić information content (AvgIpc) is 3.12. The number of benzene rings is 4. The number of aromatic hydroxyl groups is 5. The van der Waals surface area contributed by atoms with Crippen LogP contribution in [0.5, 0.6) is 34.5 Å². The average molecular weight is 725 g/mol. The first-order valence-corrected chi connectivity index (χ1v) is 16.0. The molecule has 53 heavy (non-hydrogen) atoms. The second-order valence-electron chi connectivity index (χ2n) is 11.9. The third kappa shape index (κ3) is 8.25. The van der Waals surface area contributed by atoms with Gasteiger partial charge in [-0.3, -0.25) is 4.79 Å². The standard InChI is InChI=1S/C39H32O14/c1-20-35(51-30(45)16-6-21-2-10-24(40)11-3-21)38(52-31(46)17-7-22-4-12-25(41)13-5-22)34(48)39(49-20)53-37-33(47)32-28(44)18-27(43)19-29(32)50-36(37)23-8-14-26(42)15-9-23/h2-20,34-35,38-44,48H,1H3/b16-6-,17-7+/t20-,34+,35-,38-,39-/m0/s1. The molecule has 1 aromatic heterocycles. The minimum atomic E-state index is -1.91. The van der Waals surface area contributed by atoms with Crippen molar-refractivity contribution in [1.29, 1.82) is 0 Å². The molecule has 0 saturated carbocycles. The molecule has 14 nitrogen and oxygen atoms in total. The maximum atomic E-state index is 13.9. The SMILES string of the molecule is C[C@@H]1O[C@@H](Oc2c(-c3ccc(O)cc3)oc3cc(O)cc(O)c3c2=O)[C@H](O)[C@H](OC(=O)/C=C/c2ccc(O)cc2)[C@H]1OC(=O)/C=C\c1ccc(O)cc1. The number of aliphatic hydroxyl groups is 1. The van der Waals surface area contributed by atoms with Crippen LogP contribution in [0.2, 0.25) is 0 Å². The van der Waals surface area contributed by atoms with Crippen LogP contribution in [-0.4, -0.2) is 73.3 Å². The van der Waals surface area contributed by atoms with Crippen molar-refractivity contribution in [3.63, 3.8) is 0 Å². The Morgan fingerprint density at radius 3 is 1.75 bits per heavy atom. The Hall–Kier alpha value is -6.77. The molecule has 5 aromatic rings. The van der Waals surface area contributed by atoms with Gasteiger partial charge in [0.25, 0.3) is 0 Å². The van der Waals surface area contributed by atoms with Gasteiger partial charge in [-0.25, -0.2) is 9.59 Å². The van der Waals surface area contributed by atoms with Gasteiger partial charge < -0.3 is 54.0 Å². The van der Waals surface area contributed by atoms with E-state index >= 15 is 0 Å². The summed E-state index contributed by atoms with van der Waals surface area (Å²) in [4.78, 5) is 40.0. The van der Waals surface area contributed by atoms with Crippen molar-refractivity contribution in [3.8, 4) is 45.8 Å². The lowest BCUT2D eigenvalue weighted by Crippen LogP contribution is -2.61. The van der Waals surface area contributed by atoms with E-state index in [0.29, 0.717) is 11.1 Å². The Morgan fingerprint density at radius 2 is 1.21 bits per heavy atom. The molecular formula is C39H32O14.